The van der Waals surface area contributed by atoms with E-state index in [9.17, 15) is 0 Å². The fourth-order valence-corrected chi connectivity index (χ4v) is 2.91. The van der Waals surface area contributed by atoms with Crippen LogP contribution in [0.1, 0.15) is 0 Å². The second kappa shape index (κ2) is 4.30. The molecule has 0 bridgehead atoms. The first kappa shape index (κ1) is 11.4. The Bertz CT molecular complexity index is 750. The molecule has 3 heteroatoms. The van der Waals surface area contributed by atoms with Crippen LogP contribution in [0, 0.1) is 0 Å². The van der Waals surface area contributed by atoms with Gasteiger partial charge < -0.3 is 13.9 Å². The third kappa shape index (κ3) is 1.67. The Labute approximate surface area is 118 Å². The van der Waals surface area contributed by atoms with Gasteiger partial charge in [-0.15, -0.1) is 0 Å². The average Bonchev–Trinajstić information content (AvgIpc) is 3.12. The van der Waals surface area contributed by atoms with E-state index in [1.54, 1.807) is 7.11 Å². The topological polar surface area (TPSA) is 19.1 Å². The fraction of sp³-hybridized carbons (Fsp3) is 0.176. The number of ether oxygens (including phenoxy) is 1. The molecule has 1 aliphatic heterocycles. The first-order valence-electron chi connectivity index (χ1n) is 6.85. The maximum atomic E-state index is 5.21. The van der Waals surface area contributed by atoms with Crippen molar-refractivity contribution in [2.75, 3.05) is 7.11 Å². The highest BCUT2D eigenvalue weighted by atomic mass is 16.5. The highest BCUT2D eigenvalue weighted by Crippen LogP contribution is 2.32. The number of nitrogens with zero attached hydrogens (tertiary/aromatic N) is 2. The zero-order valence-corrected chi connectivity index (χ0v) is 11.4. The Hall–Kier alpha value is -2.42. The molecule has 3 aromatic rings. The van der Waals surface area contributed by atoms with E-state index in [4.69, 9.17) is 4.74 Å². The van der Waals surface area contributed by atoms with E-state index >= 15 is 0 Å². The molecule has 1 aromatic carbocycles. The van der Waals surface area contributed by atoms with E-state index in [2.05, 4.69) is 51.9 Å². The Morgan fingerprint density at radius 3 is 2.50 bits per heavy atom. The molecule has 0 atom stereocenters. The van der Waals surface area contributed by atoms with Gasteiger partial charge >= 0.3 is 0 Å². The van der Waals surface area contributed by atoms with Gasteiger partial charge in [0.25, 0.3) is 0 Å². The number of fused-ring (bicyclic) bond motifs is 3. The molecular weight excluding hydrogens is 248 g/mol. The molecule has 0 aliphatic carbocycles. The lowest BCUT2D eigenvalue weighted by Crippen LogP contribution is -2.14. The zero-order chi connectivity index (χ0) is 13.5. The number of rotatable bonds is 2. The van der Waals surface area contributed by atoms with Gasteiger partial charge in [-0.2, -0.15) is 0 Å². The molecule has 0 saturated heterocycles. The molecule has 0 unspecified atom stereocenters. The van der Waals surface area contributed by atoms with Crippen molar-refractivity contribution in [2.45, 2.75) is 13.1 Å². The molecule has 1 aliphatic rings. The van der Waals surface area contributed by atoms with Crippen molar-refractivity contribution < 1.29 is 4.74 Å². The van der Waals surface area contributed by atoms with Crippen LogP contribution < -0.4 is 4.74 Å². The molecular formula is C17H16N2O. The van der Waals surface area contributed by atoms with E-state index in [-0.39, 0.29) is 0 Å². The summed E-state index contributed by atoms with van der Waals surface area (Å²) in [4.78, 5) is 0. The molecule has 0 radical (unpaired) electrons. The Morgan fingerprint density at radius 1 is 0.900 bits per heavy atom. The summed E-state index contributed by atoms with van der Waals surface area (Å²) < 4.78 is 9.87. The molecule has 0 spiro atoms. The fourth-order valence-electron chi connectivity index (χ4n) is 2.91. The van der Waals surface area contributed by atoms with E-state index in [0.29, 0.717) is 0 Å². The first-order chi connectivity index (χ1) is 9.85. The van der Waals surface area contributed by atoms with Gasteiger partial charge in [-0.3, -0.25) is 0 Å². The summed E-state index contributed by atoms with van der Waals surface area (Å²) >= 11 is 0. The standard InChI is InChI=1S/C17H16N2O/c1-20-15-6-4-13(5-7-15)14-11-17-16-3-2-8-18(16)9-10-19(17)12-14/h2-8,11-12H,9-10H2,1H3. The van der Waals surface area contributed by atoms with Crippen molar-refractivity contribution in [3.05, 3.63) is 54.9 Å². The lowest BCUT2D eigenvalue weighted by atomic mass is 10.1. The minimum atomic E-state index is 0.895. The highest BCUT2D eigenvalue weighted by Gasteiger charge is 2.16. The van der Waals surface area contributed by atoms with E-state index in [0.717, 1.165) is 18.8 Å². The molecule has 0 N–H and O–H groups in total. The third-order valence-electron chi connectivity index (χ3n) is 3.99. The average molecular weight is 264 g/mol. The van der Waals surface area contributed by atoms with E-state index in [1.165, 1.54) is 22.5 Å². The lowest BCUT2D eigenvalue weighted by Gasteiger charge is -2.18. The van der Waals surface area contributed by atoms with Crippen LogP contribution in [0.5, 0.6) is 5.75 Å². The summed E-state index contributed by atoms with van der Waals surface area (Å²) in [6.07, 6.45) is 4.40. The third-order valence-corrected chi connectivity index (χ3v) is 3.99. The number of aromatic nitrogens is 2. The van der Waals surface area contributed by atoms with Crippen molar-refractivity contribution in [2.24, 2.45) is 0 Å². The molecule has 0 fully saturated rings. The normalized spacial score (nSPS) is 12.8. The van der Waals surface area contributed by atoms with E-state index in [1.807, 2.05) is 12.1 Å². The van der Waals surface area contributed by atoms with Crippen molar-refractivity contribution in [3.63, 3.8) is 0 Å². The van der Waals surface area contributed by atoms with Gasteiger partial charge in [-0.05, 0) is 35.9 Å². The van der Waals surface area contributed by atoms with Crippen molar-refractivity contribution >= 4 is 0 Å². The zero-order valence-electron chi connectivity index (χ0n) is 11.4. The first-order valence-corrected chi connectivity index (χ1v) is 6.85. The number of benzene rings is 1. The maximum Gasteiger partial charge on any atom is 0.118 e. The van der Waals surface area contributed by atoms with Gasteiger partial charge in [0.05, 0.1) is 18.5 Å². The second-order valence-corrected chi connectivity index (χ2v) is 5.12. The van der Waals surface area contributed by atoms with Gasteiger partial charge in [-0.1, -0.05) is 12.1 Å². The van der Waals surface area contributed by atoms with Crippen molar-refractivity contribution in [3.8, 4) is 28.3 Å². The van der Waals surface area contributed by atoms with Crippen molar-refractivity contribution in [1.29, 1.82) is 0 Å². The maximum absolute atomic E-state index is 5.21. The van der Waals surface area contributed by atoms with Crippen LogP contribution in [0.15, 0.2) is 54.9 Å². The number of hydrogen-bond acceptors (Lipinski definition) is 1. The van der Waals surface area contributed by atoms with Crippen LogP contribution in [0.4, 0.5) is 0 Å². The Kier molecular flexibility index (Phi) is 2.46. The summed E-state index contributed by atoms with van der Waals surface area (Å²) in [5.74, 6) is 0.895. The number of hydrogen-bond donors (Lipinski definition) is 0. The molecule has 100 valence electrons. The molecule has 3 heterocycles. The summed E-state index contributed by atoms with van der Waals surface area (Å²) in [6, 6.07) is 14.8. The lowest BCUT2D eigenvalue weighted by molar-refractivity contribution is 0.415. The van der Waals surface area contributed by atoms with Crippen LogP contribution in [0.25, 0.3) is 22.5 Å². The predicted molar refractivity (Wildman–Crippen MR) is 79.8 cm³/mol. The smallest absolute Gasteiger partial charge is 0.118 e. The Morgan fingerprint density at radius 2 is 1.70 bits per heavy atom. The van der Waals surface area contributed by atoms with Crippen LogP contribution in [0.2, 0.25) is 0 Å². The SMILES string of the molecule is COc1ccc(-c2cc3n(c2)CCn2cccc2-3)cc1. The summed E-state index contributed by atoms with van der Waals surface area (Å²) in [7, 11) is 1.69. The minimum Gasteiger partial charge on any atom is -0.497 e. The quantitative estimate of drug-likeness (QED) is 0.691. The van der Waals surface area contributed by atoms with Crippen LogP contribution >= 0.6 is 0 Å². The molecule has 4 rings (SSSR count). The summed E-state index contributed by atoms with van der Waals surface area (Å²) in [6.45, 7) is 2.08. The van der Waals surface area contributed by atoms with Gasteiger partial charge in [0.1, 0.15) is 5.75 Å². The van der Waals surface area contributed by atoms with Crippen LogP contribution in [-0.4, -0.2) is 16.2 Å². The van der Waals surface area contributed by atoms with Gasteiger partial charge in [-0.25, -0.2) is 0 Å². The summed E-state index contributed by atoms with van der Waals surface area (Å²) in [5, 5.41) is 0. The number of aryl methyl sites for hydroxylation is 2. The molecule has 20 heavy (non-hydrogen) atoms. The van der Waals surface area contributed by atoms with Gasteiger partial charge in [0.2, 0.25) is 0 Å². The Balaban J connectivity index is 1.78. The van der Waals surface area contributed by atoms with Crippen LogP contribution in [0.3, 0.4) is 0 Å². The monoisotopic (exact) mass is 264 g/mol. The van der Waals surface area contributed by atoms with Gasteiger partial charge in [0.15, 0.2) is 0 Å². The van der Waals surface area contributed by atoms with Crippen molar-refractivity contribution in [1.82, 2.24) is 9.13 Å². The molecule has 0 amide bonds. The number of methoxy groups -OCH3 is 1. The summed E-state index contributed by atoms with van der Waals surface area (Å²) in [5.41, 5.74) is 5.09. The second-order valence-electron chi connectivity index (χ2n) is 5.12. The van der Waals surface area contributed by atoms with Gasteiger partial charge in [0, 0.05) is 31.0 Å². The minimum absolute atomic E-state index is 0.895. The molecule has 2 aromatic heterocycles. The molecule has 3 nitrogen and oxygen atoms in total. The van der Waals surface area contributed by atoms with Crippen LogP contribution in [-0.2, 0) is 13.1 Å². The largest absolute Gasteiger partial charge is 0.497 e. The molecule has 0 saturated carbocycles. The predicted octanol–water partition coefficient (Wildman–Crippen LogP) is 3.65. The highest BCUT2D eigenvalue weighted by molar-refractivity contribution is 5.71. The van der Waals surface area contributed by atoms with E-state index < -0.39 is 0 Å².